The highest BCUT2D eigenvalue weighted by Crippen LogP contribution is 2.38. The lowest BCUT2D eigenvalue weighted by molar-refractivity contribution is -0.137. The first-order valence-corrected chi connectivity index (χ1v) is 11.2. The number of fused-ring (bicyclic) bond motifs is 1. The molecular weight excluding hydrogens is 515 g/mol. The van der Waals surface area contributed by atoms with Gasteiger partial charge in [-0.05, 0) is 61.0 Å². The van der Waals surface area contributed by atoms with Crippen LogP contribution in [0.4, 0.5) is 18.9 Å². The molecule has 4 rings (SSSR count). The molecule has 37 heavy (non-hydrogen) atoms. The Morgan fingerprint density at radius 1 is 0.838 bits per heavy atom. The molecule has 11 heteroatoms. The number of carbonyl (C=O) groups is 4. The van der Waals surface area contributed by atoms with Gasteiger partial charge in [0.2, 0.25) is 0 Å². The van der Waals surface area contributed by atoms with Gasteiger partial charge in [0, 0.05) is 0 Å². The van der Waals surface area contributed by atoms with Crippen LogP contribution < -0.4 is 4.90 Å². The minimum Gasteiger partial charge on any atom is -0.462 e. The van der Waals surface area contributed by atoms with Gasteiger partial charge in [0.15, 0.2) is 0 Å². The number of nitrogens with zero attached hydrogens (tertiary/aromatic N) is 1. The standard InChI is InChI=1S/C26H17ClF3NO6/c1-2-36-24(34)15-5-3-14(4-6-15)13-37-25(35)16-7-9-18-19(11-16)23(33)31(22(18)32)21-12-17(26(28,29)30)8-10-20(21)27/h3-12H,2,13H2,1H3. The van der Waals surface area contributed by atoms with Crippen molar-refractivity contribution in [2.24, 2.45) is 0 Å². The van der Waals surface area contributed by atoms with E-state index in [0.717, 1.165) is 18.2 Å². The number of alkyl halides is 3. The molecule has 7 nitrogen and oxygen atoms in total. The van der Waals surface area contributed by atoms with Gasteiger partial charge in [0.1, 0.15) is 6.61 Å². The summed E-state index contributed by atoms with van der Waals surface area (Å²) in [7, 11) is 0. The number of rotatable bonds is 6. The fourth-order valence-corrected chi connectivity index (χ4v) is 3.83. The Bertz CT molecular complexity index is 1420. The molecule has 0 atom stereocenters. The van der Waals surface area contributed by atoms with Gasteiger partial charge in [-0.15, -0.1) is 0 Å². The second-order valence-corrected chi connectivity index (χ2v) is 8.27. The number of carbonyl (C=O) groups excluding carboxylic acids is 4. The molecule has 190 valence electrons. The van der Waals surface area contributed by atoms with Crippen LogP contribution in [-0.2, 0) is 22.3 Å². The summed E-state index contributed by atoms with van der Waals surface area (Å²) in [6, 6.07) is 12.2. The topological polar surface area (TPSA) is 90.0 Å². The third-order valence-corrected chi connectivity index (χ3v) is 5.79. The van der Waals surface area contributed by atoms with Crippen molar-refractivity contribution < 1.29 is 41.8 Å². The van der Waals surface area contributed by atoms with E-state index in [1.807, 2.05) is 0 Å². The van der Waals surface area contributed by atoms with E-state index >= 15 is 0 Å². The molecule has 0 radical (unpaired) electrons. The Balaban J connectivity index is 1.51. The molecule has 0 spiro atoms. The summed E-state index contributed by atoms with van der Waals surface area (Å²) >= 11 is 6.01. The quantitative estimate of drug-likeness (QED) is 0.300. The van der Waals surface area contributed by atoms with E-state index in [1.54, 1.807) is 19.1 Å². The van der Waals surface area contributed by atoms with Crippen LogP contribution >= 0.6 is 11.6 Å². The van der Waals surface area contributed by atoms with E-state index in [-0.39, 0.29) is 34.9 Å². The van der Waals surface area contributed by atoms with Crippen molar-refractivity contribution in [3.63, 3.8) is 0 Å². The lowest BCUT2D eigenvalue weighted by Gasteiger charge is -2.17. The molecule has 1 heterocycles. The molecule has 0 saturated carbocycles. The molecule has 2 amide bonds. The zero-order valence-electron chi connectivity index (χ0n) is 19.1. The third-order valence-electron chi connectivity index (χ3n) is 5.47. The smallest absolute Gasteiger partial charge is 0.416 e. The summed E-state index contributed by atoms with van der Waals surface area (Å²) in [5, 5.41) is -0.226. The van der Waals surface area contributed by atoms with Crippen LogP contribution in [0.1, 0.15) is 59.5 Å². The number of imide groups is 1. The van der Waals surface area contributed by atoms with Crippen molar-refractivity contribution in [3.05, 3.63) is 99.1 Å². The SMILES string of the molecule is CCOC(=O)c1ccc(COC(=O)c2ccc3c(c2)C(=O)N(c2cc(C(F)(F)F)ccc2Cl)C3=O)cc1. The van der Waals surface area contributed by atoms with E-state index in [4.69, 9.17) is 21.1 Å². The normalized spacial score (nSPS) is 12.9. The highest BCUT2D eigenvalue weighted by molar-refractivity contribution is 6.40. The summed E-state index contributed by atoms with van der Waals surface area (Å²) in [4.78, 5) is 50.7. The number of esters is 2. The summed E-state index contributed by atoms with van der Waals surface area (Å²) in [6.07, 6.45) is -4.71. The van der Waals surface area contributed by atoms with Gasteiger partial charge < -0.3 is 9.47 Å². The van der Waals surface area contributed by atoms with Gasteiger partial charge in [-0.2, -0.15) is 13.2 Å². The minimum atomic E-state index is -4.71. The molecule has 3 aromatic rings. The molecule has 0 fully saturated rings. The molecule has 0 aromatic heterocycles. The van der Waals surface area contributed by atoms with Gasteiger partial charge in [-0.3, -0.25) is 9.59 Å². The first-order chi connectivity index (χ1) is 17.5. The van der Waals surface area contributed by atoms with Crippen molar-refractivity contribution in [1.82, 2.24) is 0 Å². The lowest BCUT2D eigenvalue weighted by Crippen LogP contribution is -2.30. The van der Waals surface area contributed by atoms with Crippen molar-refractivity contribution in [1.29, 1.82) is 0 Å². The van der Waals surface area contributed by atoms with Crippen molar-refractivity contribution in [3.8, 4) is 0 Å². The number of anilines is 1. The van der Waals surface area contributed by atoms with Gasteiger partial charge in [-0.25, -0.2) is 14.5 Å². The summed E-state index contributed by atoms with van der Waals surface area (Å²) < 4.78 is 49.7. The number of ether oxygens (including phenoxy) is 2. The zero-order valence-corrected chi connectivity index (χ0v) is 19.9. The Hall–Kier alpha value is -4.18. The maximum Gasteiger partial charge on any atom is 0.416 e. The highest BCUT2D eigenvalue weighted by atomic mass is 35.5. The Morgan fingerprint density at radius 2 is 1.46 bits per heavy atom. The summed E-state index contributed by atoms with van der Waals surface area (Å²) in [6.45, 7) is 1.78. The van der Waals surface area contributed by atoms with Crippen LogP contribution in [0, 0.1) is 0 Å². The molecule has 0 bridgehead atoms. The number of benzene rings is 3. The largest absolute Gasteiger partial charge is 0.462 e. The first-order valence-electron chi connectivity index (χ1n) is 10.8. The maximum absolute atomic E-state index is 13.2. The minimum absolute atomic E-state index is 0.0416. The Morgan fingerprint density at radius 3 is 2.11 bits per heavy atom. The van der Waals surface area contributed by atoms with Gasteiger partial charge in [0.05, 0.1) is 45.1 Å². The molecule has 0 unspecified atom stereocenters. The molecule has 1 aliphatic rings. The van der Waals surface area contributed by atoms with Crippen LogP contribution in [0.2, 0.25) is 5.02 Å². The predicted molar refractivity (Wildman–Crippen MR) is 126 cm³/mol. The predicted octanol–water partition coefficient (Wildman–Crippen LogP) is 5.69. The second-order valence-electron chi connectivity index (χ2n) is 7.86. The highest BCUT2D eigenvalue weighted by Gasteiger charge is 2.40. The van der Waals surface area contributed by atoms with Crippen LogP contribution in [0.3, 0.4) is 0 Å². The van der Waals surface area contributed by atoms with Crippen molar-refractivity contribution in [2.45, 2.75) is 19.7 Å². The van der Waals surface area contributed by atoms with E-state index in [0.29, 0.717) is 22.1 Å². The maximum atomic E-state index is 13.2. The molecule has 0 aliphatic carbocycles. The number of amides is 2. The molecule has 3 aromatic carbocycles. The fourth-order valence-electron chi connectivity index (χ4n) is 3.63. The van der Waals surface area contributed by atoms with E-state index in [9.17, 15) is 32.3 Å². The Kier molecular flexibility index (Phi) is 7.04. The molecule has 0 saturated heterocycles. The van der Waals surface area contributed by atoms with Crippen LogP contribution in [0.15, 0.2) is 60.7 Å². The van der Waals surface area contributed by atoms with Gasteiger partial charge >= 0.3 is 18.1 Å². The molecule has 0 N–H and O–H groups in total. The van der Waals surface area contributed by atoms with Gasteiger partial charge in [-0.1, -0.05) is 23.7 Å². The van der Waals surface area contributed by atoms with Crippen molar-refractivity contribution >= 4 is 41.0 Å². The van der Waals surface area contributed by atoms with Gasteiger partial charge in [0.25, 0.3) is 11.8 Å². The summed E-state index contributed by atoms with van der Waals surface area (Å²) in [5.41, 5.74) is -0.888. The van der Waals surface area contributed by atoms with Crippen LogP contribution in [0.25, 0.3) is 0 Å². The van der Waals surface area contributed by atoms with E-state index in [2.05, 4.69) is 0 Å². The third kappa shape index (κ3) is 5.19. The number of hydrogen-bond donors (Lipinski definition) is 0. The zero-order chi connectivity index (χ0) is 26.9. The fraction of sp³-hybridized carbons (Fsp3) is 0.154. The monoisotopic (exact) mass is 531 g/mol. The first kappa shape index (κ1) is 25.9. The number of hydrogen-bond acceptors (Lipinski definition) is 6. The average molecular weight is 532 g/mol. The van der Waals surface area contributed by atoms with Crippen LogP contribution in [0.5, 0.6) is 0 Å². The van der Waals surface area contributed by atoms with Crippen molar-refractivity contribution in [2.75, 3.05) is 11.5 Å². The number of halogens is 4. The average Bonchev–Trinajstić information content (AvgIpc) is 3.11. The second kappa shape index (κ2) is 10.1. The van der Waals surface area contributed by atoms with E-state index < -0.39 is 41.2 Å². The van der Waals surface area contributed by atoms with Crippen LogP contribution in [-0.4, -0.2) is 30.4 Å². The van der Waals surface area contributed by atoms with E-state index in [1.165, 1.54) is 24.3 Å². The lowest BCUT2D eigenvalue weighted by atomic mass is 10.1. The summed E-state index contributed by atoms with van der Waals surface area (Å²) in [5.74, 6) is -3.08. The molecular formula is C26H17ClF3NO6. The molecule has 1 aliphatic heterocycles. The Labute approximate surface area is 213 Å².